The van der Waals surface area contributed by atoms with E-state index < -0.39 is 12.0 Å². The second-order valence-electron chi connectivity index (χ2n) is 4.96. The van der Waals surface area contributed by atoms with Crippen LogP contribution >= 0.6 is 0 Å². The van der Waals surface area contributed by atoms with Crippen LogP contribution in [-0.4, -0.2) is 31.1 Å². The molecule has 2 aromatic rings. The van der Waals surface area contributed by atoms with Gasteiger partial charge >= 0.3 is 6.18 Å². The van der Waals surface area contributed by atoms with Gasteiger partial charge in [-0.15, -0.1) is 10.2 Å². The standard InChI is InChI=1S/C11H14F3N7/c1-6-8(15)9(19(2)18-6)20-3-4-21-7(5-20)16-17-10(21)11(12,13)14/h3-5,15H2,1-2H3. The number of alkyl halides is 3. The van der Waals surface area contributed by atoms with E-state index in [1.165, 1.54) is 0 Å². The summed E-state index contributed by atoms with van der Waals surface area (Å²) in [5.74, 6) is 0.00782. The monoisotopic (exact) mass is 301 g/mol. The van der Waals surface area contributed by atoms with E-state index in [2.05, 4.69) is 15.3 Å². The third-order valence-electron chi connectivity index (χ3n) is 3.54. The van der Waals surface area contributed by atoms with Crippen molar-refractivity contribution < 1.29 is 13.2 Å². The fraction of sp³-hybridized carbons (Fsp3) is 0.545. The summed E-state index contributed by atoms with van der Waals surface area (Å²) in [6, 6.07) is 0. The number of fused-ring (bicyclic) bond motifs is 1. The summed E-state index contributed by atoms with van der Waals surface area (Å²) in [7, 11) is 1.75. The summed E-state index contributed by atoms with van der Waals surface area (Å²) in [5, 5.41) is 11.1. The fourth-order valence-corrected chi connectivity index (χ4v) is 2.59. The molecule has 0 amide bonds. The van der Waals surface area contributed by atoms with Gasteiger partial charge in [0.15, 0.2) is 11.6 Å². The Morgan fingerprint density at radius 2 is 1.90 bits per heavy atom. The van der Waals surface area contributed by atoms with Crippen molar-refractivity contribution in [2.45, 2.75) is 26.2 Å². The number of aromatic nitrogens is 5. The number of aryl methyl sites for hydroxylation is 2. The Bertz CT molecular complexity index is 685. The zero-order valence-electron chi connectivity index (χ0n) is 11.5. The van der Waals surface area contributed by atoms with E-state index in [0.29, 0.717) is 23.7 Å². The first-order chi connectivity index (χ1) is 9.79. The number of anilines is 2. The van der Waals surface area contributed by atoms with Crippen LogP contribution in [0.3, 0.4) is 0 Å². The molecule has 0 fully saturated rings. The molecule has 10 heteroatoms. The molecule has 2 aromatic heterocycles. The van der Waals surface area contributed by atoms with Gasteiger partial charge < -0.3 is 15.2 Å². The van der Waals surface area contributed by atoms with Crippen molar-refractivity contribution in [3.8, 4) is 0 Å². The molecule has 0 atom stereocenters. The van der Waals surface area contributed by atoms with Crippen molar-refractivity contribution in [1.29, 1.82) is 0 Å². The van der Waals surface area contributed by atoms with Gasteiger partial charge in [0.05, 0.1) is 17.9 Å². The first-order valence-electron chi connectivity index (χ1n) is 6.32. The summed E-state index contributed by atoms with van der Waals surface area (Å²) >= 11 is 0. The topological polar surface area (TPSA) is 77.8 Å². The molecule has 0 bridgehead atoms. The van der Waals surface area contributed by atoms with E-state index in [9.17, 15) is 13.2 Å². The summed E-state index contributed by atoms with van der Waals surface area (Å²) in [6.45, 7) is 2.54. The van der Waals surface area contributed by atoms with Crippen LogP contribution in [0, 0.1) is 6.92 Å². The molecule has 3 heterocycles. The number of rotatable bonds is 1. The number of halogens is 3. The van der Waals surface area contributed by atoms with Crippen molar-refractivity contribution in [2.24, 2.45) is 7.05 Å². The lowest BCUT2D eigenvalue weighted by Crippen LogP contribution is -2.36. The van der Waals surface area contributed by atoms with Crippen LogP contribution in [0.2, 0.25) is 0 Å². The lowest BCUT2D eigenvalue weighted by atomic mass is 10.3. The molecule has 0 aromatic carbocycles. The van der Waals surface area contributed by atoms with E-state index in [-0.39, 0.29) is 18.9 Å². The summed E-state index contributed by atoms with van der Waals surface area (Å²) in [4.78, 5) is 1.86. The van der Waals surface area contributed by atoms with Gasteiger partial charge in [-0.25, -0.2) is 0 Å². The predicted octanol–water partition coefficient (Wildman–Crippen LogP) is 0.941. The number of hydrogen-bond donors (Lipinski definition) is 1. The van der Waals surface area contributed by atoms with Gasteiger partial charge in [-0.05, 0) is 6.92 Å². The van der Waals surface area contributed by atoms with Crippen LogP contribution in [0.4, 0.5) is 24.7 Å². The van der Waals surface area contributed by atoms with Crippen LogP contribution in [0.1, 0.15) is 17.3 Å². The molecule has 0 unspecified atom stereocenters. The maximum atomic E-state index is 12.8. The minimum atomic E-state index is -4.49. The third-order valence-corrected chi connectivity index (χ3v) is 3.54. The van der Waals surface area contributed by atoms with E-state index in [4.69, 9.17) is 5.73 Å². The Hall–Kier alpha value is -2.26. The number of nitrogen functional groups attached to an aromatic ring is 1. The van der Waals surface area contributed by atoms with E-state index >= 15 is 0 Å². The molecular formula is C11H14F3N7. The Morgan fingerprint density at radius 1 is 1.19 bits per heavy atom. The molecule has 0 saturated carbocycles. The maximum Gasteiger partial charge on any atom is 0.451 e. The SMILES string of the molecule is Cc1nn(C)c(N2CCn3c(nnc3C(F)(F)F)C2)c1N. The Labute approximate surface area is 118 Å². The van der Waals surface area contributed by atoms with Crippen LogP contribution in [0.5, 0.6) is 0 Å². The van der Waals surface area contributed by atoms with E-state index in [0.717, 1.165) is 4.57 Å². The second kappa shape index (κ2) is 4.37. The molecule has 3 rings (SSSR count). The number of hydrogen-bond acceptors (Lipinski definition) is 5. The van der Waals surface area contributed by atoms with Crippen LogP contribution in [-0.2, 0) is 26.3 Å². The highest BCUT2D eigenvalue weighted by Gasteiger charge is 2.39. The third kappa shape index (κ3) is 2.10. The normalized spacial score (nSPS) is 15.4. The molecule has 2 N–H and O–H groups in total. The summed E-state index contributed by atoms with van der Waals surface area (Å²) in [5.41, 5.74) is 7.20. The average molecular weight is 301 g/mol. The van der Waals surface area contributed by atoms with Gasteiger partial charge in [0.2, 0.25) is 5.82 Å². The molecule has 0 saturated heterocycles. The Morgan fingerprint density at radius 3 is 2.48 bits per heavy atom. The van der Waals surface area contributed by atoms with Crippen molar-refractivity contribution >= 4 is 11.5 Å². The zero-order chi connectivity index (χ0) is 15.4. The highest BCUT2D eigenvalue weighted by molar-refractivity contribution is 5.66. The van der Waals surface area contributed by atoms with Gasteiger partial charge in [-0.1, -0.05) is 0 Å². The Kier molecular flexibility index (Phi) is 2.85. The van der Waals surface area contributed by atoms with Crippen LogP contribution < -0.4 is 10.6 Å². The fourth-order valence-electron chi connectivity index (χ4n) is 2.59. The molecule has 1 aliphatic heterocycles. The largest absolute Gasteiger partial charge is 0.451 e. The van der Waals surface area contributed by atoms with Crippen LogP contribution in [0.25, 0.3) is 0 Å². The first-order valence-corrected chi connectivity index (χ1v) is 6.32. The molecule has 114 valence electrons. The molecule has 0 radical (unpaired) electrons. The summed E-state index contributed by atoms with van der Waals surface area (Å²) in [6.07, 6.45) is -4.49. The highest BCUT2D eigenvalue weighted by atomic mass is 19.4. The molecular weight excluding hydrogens is 287 g/mol. The average Bonchev–Trinajstić information content (AvgIpc) is 2.90. The molecule has 0 spiro atoms. The molecule has 21 heavy (non-hydrogen) atoms. The van der Waals surface area contributed by atoms with Crippen molar-refractivity contribution in [2.75, 3.05) is 17.2 Å². The highest BCUT2D eigenvalue weighted by Crippen LogP contribution is 2.32. The molecule has 7 nitrogen and oxygen atoms in total. The van der Waals surface area contributed by atoms with Crippen molar-refractivity contribution in [1.82, 2.24) is 24.5 Å². The Balaban J connectivity index is 1.94. The first kappa shape index (κ1) is 13.7. The zero-order valence-corrected chi connectivity index (χ0v) is 11.5. The molecule has 1 aliphatic rings. The van der Waals surface area contributed by atoms with Gasteiger partial charge in [0.25, 0.3) is 0 Å². The lowest BCUT2D eigenvalue weighted by Gasteiger charge is -2.29. The van der Waals surface area contributed by atoms with Crippen molar-refractivity contribution in [3.05, 3.63) is 17.3 Å². The van der Waals surface area contributed by atoms with Crippen LogP contribution in [0.15, 0.2) is 0 Å². The quantitative estimate of drug-likeness (QED) is 0.848. The number of nitrogens with two attached hydrogens (primary N) is 1. The van der Waals surface area contributed by atoms with E-state index in [1.54, 1.807) is 18.7 Å². The van der Waals surface area contributed by atoms with Gasteiger partial charge in [-0.2, -0.15) is 18.3 Å². The lowest BCUT2D eigenvalue weighted by molar-refractivity contribution is -0.147. The van der Waals surface area contributed by atoms with Gasteiger partial charge in [0, 0.05) is 20.1 Å². The van der Waals surface area contributed by atoms with Gasteiger partial charge in [-0.3, -0.25) is 4.68 Å². The predicted molar refractivity (Wildman–Crippen MR) is 68.4 cm³/mol. The second-order valence-corrected chi connectivity index (χ2v) is 4.96. The smallest absolute Gasteiger partial charge is 0.394 e. The van der Waals surface area contributed by atoms with E-state index in [1.807, 2.05) is 4.90 Å². The van der Waals surface area contributed by atoms with Gasteiger partial charge in [0.1, 0.15) is 0 Å². The summed E-state index contributed by atoms with van der Waals surface area (Å²) < 4.78 is 41.1. The molecule has 0 aliphatic carbocycles. The minimum Gasteiger partial charge on any atom is -0.394 e. The number of nitrogens with zero attached hydrogens (tertiary/aromatic N) is 6. The maximum absolute atomic E-state index is 12.8. The minimum absolute atomic E-state index is 0.154. The van der Waals surface area contributed by atoms with Crippen molar-refractivity contribution in [3.63, 3.8) is 0 Å².